The van der Waals surface area contributed by atoms with Crippen LogP contribution in [0, 0.1) is 0 Å². The van der Waals surface area contributed by atoms with E-state index < -0.39 is 43.4 Å². The summed E-state index contributed by atoms with van der Waals surface area (Å²) in [7, 11) is 0. The number of benzene rings is 1. The molecule has 0 radical (unpaired) electrons. The minimum Gasteiger partial charge on any atom is -0.255 e. The standard InChI is InChI=1S/C8Cl4F4O/c9-3-1(7(13)17)4(10)6(12)2(5(3)11)8(14,15)16. The maximum atomic E-state index is 12.5. The van der Waals surface area contributed by atoms with Gasteiger partial charge in [0, 0.05) is 0 Å². The highest BCUT2D eigenvalue weighted by Gasteiger charge is 2.40. The van der Waals surface area contributed by atoms with Gasteiger partial charge in [0.05, 0.1) is 31.2 Å². The largest absolute Gasteiger partial charge is 0.419 e. The Kier molecular flexibility index (Phi) is 4.19. The van der Waals surface area contributed by atoms with Gasteiger partial charge in [-0.2, -0.15) is 17.6 Å². The van der Waals surface area contributed by atoms with Gasteiger partial charge < -0.3 is 0 Å². The van der Waals surface area contributed by atoms with Gasteiger partial charge in [0.2, 0.25) is 0 Å². The molecule has 1 aromatic carbocycles. The van der Waals surface area contributed by atoms with E-state index in [9.17, 15) is 22.4 Å². The lowest BCUT2D eigenvalue weighted by molar-refractivity contribution is -0.137. The van der Waals surface area contributed by atoms with Crippen molar-refractivity contribution in [2.45, 2.75) is 6.18 Å². The van der Waals surface area contributed by atoms with Crippen LogP contribution in [-0.2, 0) is 6.18 Å². The summed E-state index contributed by atoms with van der Waals surface area (Å²) in [5.41, 5.74) is -2.50. The third-order valence-corrected chi connectivity index (χ3v) is 3.45. The fourth-order valence-corrected chi connectivity index (χ4v) is 2.27. The molecular formula is C8Cl4F4O. The maximum Gasteiger partial charge on any atom is 0.419 e. The van der Waals surface area contributed by atoms with E-state index in [1.165, 1.54) is 0 Å². The molecule has 17 heavy (non-hydrogen) atoms. The first-order valence-electron chi connectivity index (χ1n) is 3.72. The minimum absolute atomic E-state index is 0.930. The molecule has 9 heteroatoms. The van der Waals surface area contributed by atoms with Crippen molar-refractivity contribution in [3.05, 3.63) is 31.2 Å². The molecule has 0 aliphatic rings. The fraction of sp³-hybridized carbons (Fsp3) is 0.125. The molecule has 0 atom stereocenters. The Hall–Kier alpha value is -0.230. The zero-order valence-electron chi connectivity index (χ0n) is 7.43. The smallest absolute Gasteiger partial charge is 0.255 e. The van der Waals surface area contributed by atoms with E-state index in [1.807, 2.05) is 0 Å². The van der Waals surface area contributed by atoms with Crippen LogP contribution in [0.4, 0.5) is 17.6 Å². The molecule has 0 saturated carbocycles. The molecule has 0 N–H and O–H groups in total. The van der Waals surface area contributed by atoms with E-state index in [0.29, 0.717) is 0 Å². The van der Waals surface area contributed by atoms with E-state index in [0.717, 1.165) is 0 Å². The van der Waals surface area contributed by atoms with Crippen LogP contribution in [0.5, 0.6) is 0 Å². The van der Waals surface area contributed by atoms with Gasteiger partial charge in [-0.05, 0) is 0 Å². The summed E-state index contributed by atoms with van der Waals surface area (Å²) in [5, 5.41) is -4.01. The molecule has 1 nitrogen and oxygen atoms in total. The highest BCUT2D eigenvalue weighted by molar-refractivity contribution is 6.50. The predicted molar refractivity (Wildman–Crippen MR) is 56.9 cm³/mol. The SMILES string of the molecule is O=C(F)c1c(Cl)c(Cl)c(C(F)(F)F)c(Cl)c1Cl. The number of rotatable bonds is 1. The van der Waals surface area contributed by atoms with Gasteiger partial charge in [-0.3, -0.25) is 4.79 Å². The first kappa shape index (κ1) is 14.8. The Bertz CT molecular complexity index is 468. The van der Waals surface area contributed by atoms with Crippen LogP contribution in [0.25, 0.3) is 0 Å². The van der Waals surface area contributed by atoms with Crippen LogP contribution in [0.15, 0.2) is 0 Å². The molecule has 0 heterocycles. The number of halogens is 8. The van der Waals surface area contributed by atoms with Crippen molar-refractivity contribution in [3.8, 4) is 0 Å². The van der Waals surface area contributed by atoms with Crippen LogP contribution < -0.4 is 0 Å². The van der Waals surface area contributed by atoms with Crippen molar-refractivity contribution < 1.29 is 22.4 Å². The highest BCUT2D eigenvalue weighted by Crippen LogP contribution is 2.48. The molecule has 1 rings (SSSR count). The Morgan fingerprint density at radius 3 is 1.47 bits per heavy atom. The summed E-state index contributed by atoms with van der Waals surface area (Å²) in [6, 6.07) is -2.13. The summed E-state index contributed by atoms with van der Waals surface area (Å²) in [6.45, 7) is 0. The monoisotopic (exact) mass is 328 g/mol. The van der Waals surface area contributed by atoms with Crippen LogP contribution in [0.2, 0.25) is 20.1 Å². The lowest BCUT2D eigenvalue weighted by atomic mass is 10.1. The summed E-state index contributed by atoms with van der Waals surface area (Å²) in [5.74, 6) is 0. The highest BCUT2D eigenvalue weighted by atomic mass is 35.5. The quantitative estimate of drug-likeness (QED) is 0.381. The molecular weight excluding hydrogens is 330 g/mol. The third-order valence-electron chi connectivity index (χ3n) is 1.74. The van der Waals surface area contributed by atoms with Crippen molar-refractivity contribution >= 4 is 52.4 Å². The van der Waals surface area contributed by atoms with E-state index in [-0.39, 0.29) is 0 Å². The number of hydrogen-bond donors (Lipinski definition) is 0. The fourth-order valence-electron chi connectivity index (χ4n) is 1.05. The van der Waals surface area contributed by atoms with Crippen LogP contribution in [0.3, 0.4) is 0 Å². The molecule has 0 unspecified atom stereocenters. The third kappa shape index (κ3) is 2.62. The Morgan fingerprint density at radius 1 is 0.882 bits per heavy atom. The van der Waals surface area contributed by atoms with E-state index in [2.05, 4.69) is 0 Å². The minimum atomic E-state index is -4.93. The van der Waals surface area contributed by atoms with E-state index in [4.69, 9.17) is 46.4 Å². The Labute approximate surface area is 112 Å². The van der Waals surface area contributed by atoms with E-state index in [1.54, 1.807) is 0 Å². The van der Waals surface area contributed by atoms with Crippen molar-refractivity contribution in [1.29, 1.82) is 0 Å². The molecule has 0 aromatic heterocycles. The second-order valence-corrected chi connectivity index (χ2v) is 4.29. The predicted octanol–water partition coefficient (Wildman–Crippen LogP) is 5.43. The average molecular weight is 330 g/mol. The second-order valence-electron chi connectivity index (χ2n) is 2.78. The van der Waals surface area contributed by atoms with Crippen LogP contribution in [-0.4, -0.2) is 6.04 Å². The number of carbonyl (C=O) groups is 1. The zero-order chi connectivity index (χ0) is 13.5. The van der Waals surface area contributed by atoms with Gasteiger partial charge in [0.25, 0.3) is 0 Å². The van der Waals surface area contributed by atoms with Gasteiger partial charge in [-0.25, -0.2) is 0 Å². The lowest BCUT2D eigenvalue weighted by Gasteiger charge is -2.15. The topological polar surface area (TPSA) is 17.1 Å². The normalized spacial score (nSPS) is 11.8. The molecule has 1 aromatic rings. The van der Waals surface area contributed by atoms with Gasteiger partial charge in [-0.1, -0.05) is 46.4 Å². The molecule has 0 fully saturated rings. The van der Waals surface area contributed by atoms with Gasteiger partial charge in [0.15, 0.2) is 0 Å². The molecule has 0 spiro atoms. The summed E-state index contributed by atoms with van der Waals surface area (Å²) in [6.07, 6.45) is -4.93. The van der Waals surface area contributed by atoms with E-state index >= 15 is 0 Å². The van der Waals surface area contributed by atoms with Gasteiger partial charge >= 0.3 is 12.2 Å². The Morgan fingerprint density at radius 2 is 1.24 bits per heavy atom. The first-order valence-corrected chi connectivity index (χ1v) is 5.23. The second kappa shape index (κ2) is 4.80. The van der Waals surface area contributed by atoms with Crippen molar-refractivity contribution in [1.82, 2.24) is 0 Å². The molecule has 94 valence electrons. The van der Waals surface area contributed by atoms with Crippen molar-refractivity contribution in [2.75, 3.05) is 0 Å². The number of hydrogen-bond acceptors (Lipinski definition) is 1. The molecule has 0 saturated heterocycles. The van der Waals surface area contributed by atoms with Gasteiger partial charge in [0.1, 0.15) is 0 Å². The zero-order valence-corrected chi connectivity index (χ0v) is 10.5. The Balaban J connectivity index is 3.77. The molecule has 0 aliphatic heterocycles. The first-order chi connectivity index (χ1) is 7.59. The summed E-state index contributed by atoms with van der Waals surface area (Å²) >= 11 is 21.3. The molecule has 0 amide bonds. The van der Waals surface area contributed by atoms with Gasteiger partial charge in [-0.15, -0.1) is 0 Å². The number of carbonyl (C=O) groups excluding carboxylic acids is 1. The summed E-state index contributed by atoms with van der Waals surface area (Å²) < 4.78 is 50.1. The lowest BCUT2D eigenvalue weighted by Crippen LogP contribution is -2.10. The molecule has 0 aliphatic carbocycles. The van der Waals surface area contributed by atoms with Crippen molar-refractivity contribution in [2.24, 2.45) is 0 Å². The number of alkyl halides is 3. The van der Waals surface area contributed by atoms with Crippen LogP contribution >= 0.6 is 46.4 Å². The summed E-state index contributed by atoms with van der Waals surface area (Å²) in [4.78, 5) is 10.5. The average Bonchev–Trinajstić information content (AvgIpc) is 2.12. The maximum absolute atomic E-state index is 12.5. The van der Waals surface area contributed by atoms with Crippen LogP contribution in [0.1, 0.15) is 15.9 Å². The van der Waals surface area contributed by atoms with Crippen molar-refractivity contribution in [3.63, 3.8) is 0 Å². The molecule has 0 bridgehead atoms.